The third-order valence-electron chi connectivity index (χ3n) is 6.05. The second-order valence-electron chi connectivity index (χ2n) is 8.46. The number of hydrogen-bond acceptors (Lipinski definition) is 5. The lowest BCUT2D eigenvalue weighted by molar-refractivity contribution is -0.132. The number of ether oxygens (including phenoxy) is 2. The van der Waals surface area contributed by atoms with Gasteiger partial charge in [-0.25, -0.2) is 0 Å². The van der Waals surface area contributed by atoms with Gasteiger partial charge in [0.05, 0.1) is 26.7 Å². The number of carbonyl (C=O) groups excluding carboxylic acids is 2. The number of methoxy groups -OCH3 is 2. The maximum absolute atomic E-state index is 13.9. The highest BCUT2D eigenvalue weighted by Crippen LogP contribution is 2.54. The zero-order chi connectivity index (χ0) is 25.2. The average molecular weight is 511 g/mol. The maximum atomic E-state index is 13.9. The smallest absolute Gasteiger partial charge is 0.241 e. The normalized spacial score (nSPS) is 19.5. The summed E-state index contributed by atoms with van der Waals surface area (Å²) in [6, 6.07) is 21.6. The quantitative estimate of drug-likeness (QED) is 0.423. The molecule has 4 rings (SSSR count). The summed E-state index contributed by atoms with van der Waals surface area (Å²) in [5.74, 6) is 1.15. The van der Waals surface area contributed by atoms with Crippen LogP contribution in [-0.4, -0.2) is 49.8 Å². The Morgan fingerprint density at radius 1 is 0.943 bits per heavy atom. The topological polar surface area (TPSA) is 59.1 Å². The number of rotatable bonds is 7. The first kappa shape index (κ1) is 24.9. The molecule has 0 bridgehead atoms. The lowest BCUT2D eigenvalue weighted by Gasteiger charge is -2.38. The molecule has 3 aromatic rings. The number of anilines is 1. The Morgan fingerprint density at radius 2 is 1.49 bits per heavy atom. The minimum atomic E-state index is -1.11. The van der Waals surface area contributed by atoms with E-state index in [2.05, 4.69) is 0 Å². The molecule has 0 N–H and O–H groups in total. The van der Waals surface area contributed by atoms with Crippen LogP contribution in [0.4, 0.5) is 5.69 Å². The van der Waals surface area contributed by atoms with Crippen LogP contribution in [0, 0.1) is 0 Å². The number of amides is 2. The molecular formula is C27H27ClN2O4S. The van der Waals surface area contributed by atoms with E-state index in [1.807, 2.05) is 60.7 Å². The fourth-order valence-electron chi connectivity index (χ4n) is 4.42. The molecule has 0 unspecified atom stereocenters. The van der Waals surface area contributed by atoms with E-state index in [-0.39, 0.29) is 18.2 Å². The van der Waals surface area contributed by atoms with E-state index in [0.717, 1.165) is 16.2 Å². The van der Waals surface area contributed by atoms with Crippen molar-refractivity contribution in [1.82, 2.24) is 4.90 Å². The van der Waals surface area contributed by atoms with Gasteiger partial charge in [0, 0.05) is 29.7 Å². The van der Waals surface area contributed by atoms with Gasteiger partial charge in [-0.2, -0.15) is 0 Å². The summed E-state index contributed by atoms with van der Waals surface area (Å²) < 4.78 is 9.53. The van der Waals surface area contributed by atoms with Gasteiger partial charge in [0.25, 0.3) is 0 Å². The van der Waals surface area contributed by atoms with Crippen LogP contribution in [0.1, 0.15) is 18.0 Å². The number of benzene rings is 3. The van der Waals surface area contributed by atoms with Crippen molar-refractivity contribution < 1.29 is 19.1 Å². The predicted octanol–water partition coefficient (Wildman–Crippen LogP) is 5.45. The van der Waals surface area contributed by atoms with Gasteiger partial charge in [-0.15, -0.1) is 11.8 Å². The van der Waals surface area contributed by atoms with Crippen LogP contribution < -0.4 is 14.4 Å². The third-order valence-corrected chi connectivity index (χ3v) is 7.71. The Morgan fingerprint density at radius 3 is 2.00 bits per heavy atom. The molecule has 3 aromatic carbocycles. The van der Waals surface area contributed by atoms with Crippen LogP contribution in [0.2, 0.25) is 5.02 Å². The van der Waals surface area contributed by atoms with E-state index in [4.69, 9.17) is 21.1 Å². The zero-order valence-electron chi connectivity index (χ0n) is 20.0. The largest absolute Gasteiger partial charge is 0.497 e. The first-order valence-corrected chi connectivity index (χ1v) is 12.2. The zero-order valence-corrected chi connectivity index (χ0v) is 21.6. The summed E-state index contributed by atoms with van der Waals surface area (Å²) >= 11 is 7.54. The number of nitrogens with zero attached hydrogens (tertiary/aromatic N) is 2. The lowest BCUT2D eigenvalue weighted by atomic mass is 9.91. The summed E-state index contributed by atoms with van der Waals surface area (Å²) in [6.07, 6.45) is 0.0417. The van der Waals surface area contributed by atoms with E-state index in [1.54, 1.807) is 50.2 Å². The van der Waals surface area contributed by atoms with Crippen molar-refractivity contribution in [2.75, 3.05) is 33.2 Å². The first-order chi connectivity index (χ1) is 16.8. The summed E-state index contributed by atoms with van der Waals surface area (Å²) in [5, 5.41) is 0.574. The van der Waals surface area contributed by atoms with Crippen LogP contribution in [0.15, 0.2) is 77.7 Å². The average Bonchev–Trinajstić information content (AvgIpc) is 3.16. The van der Waals surface area contributed by atoms with Gasteiger partial charge in [0.1, 0.15) is 16.2 Å². The Balaban J connectivity index is 1.90. The predicted molar refractivity (Wildman–Crippen MR) is 140 cm³/mol. The summed E-state index contributed by atoms with van der Waals surface area (Å²) in [7, 11) is 6.66. The van der Waals surface area contributed by atoms with Gasteiger partial charge in [0.2, 0.25) is 11.8 Å². The third kappa shape index (κ3) is 4.83. The molecule has 1 saturated heterocycles. The van der Waals surface area contributed by atoms with E-state index in [0.29, 0.717) is 16.5 Å². The number of carbonyl (C=O) groups is 2. The Kier molecular flexibility index (Phi) is 7.28. The molecule has 1 heterocycles. The molecule has 1 aliphatic rings. The minimum absolute atomic E-state index is 0.0417. The molecule has 0 aromatic heterocycles. The highest BCUT2D eigenvalue weighted by molar-refractivity contribution is 8.01. The molecule has 2 atom stereocenters. The van der Waals surface area contributed by atoms with Crippen molar-refractivity contribution in [3.8, 4) is 11.5 Å². The van der Waals surface area contributed by atoms with Crippen molar-refractivity contribution in [1.29, 1.82) is 0 Å². The molecule has 1 aliphatic heterocycles. The van der Waals surface area contributed by atoms with Crippen molar-refractivity contribution in [3.05, 3.63) is 83.4 Å². The second-order valence-corrected chi connectivity index (χ2v) is 10.3. The van der Waals surface area contributed by atoms with Gasteiger partial charge in [-0.1, -0.05) is 23.7 Å². The van der Waals surface area contributed by atoms with Crippen LogP contribution >= 0.6 is 23.4 Å². The Labute approximate surface area is 214 Å². The van der Waals surface area contributed by atoms with Gasteiger partial charge in [-0.3, -0.25) is 9.59 Å². The molecule has 6 nitrogen and oxygen atoms in total. The second kappa shape index (κ2) is 10.2. The summed E-state index contributed by atoms with van der Waals surface area (Å²) in [4.78, 5) is 31.7. The molecule has 0 saturated carbocycles. The van der Waals surface area contributed by atoms with Gasteiger partial charge >= 0.3 is 0 Å². The SMILES string of the molecule is COc1ccc(S[C@]2(C(=O)N(C)C)CC(=O)N(c3ccc(Cl)cc3)[C@@H]2c2ccc(OC)cc2)cc1. The molecule has 1 fully saturated rings. The fraction of sp³-hybridized carbons (Fsp3) is 0.259. The highest BCUT2D eigenvalue weighted by Gasteiger charge is 2.59. The highest BCUT2D eigenvalue weighted by atomic mass is 35.5. The maximum Gasteiger partial charge on any atom is 0.241 e. The molecule has 2 amide bonds. The number of thioether (sulfide) groups is 1. The fourth-order valence-corrected chi connectivity index (χ4v) is 6.06. The van der Waals surface area contributed by atoms with Crippen LogP contribution in [0.3, 0.4) is 0 Å². The molecule has 35 heavy (non-hydrogen) atoms. The van der Waals surface area contributed by atoms with Gasteiger partial charge < -0.3 is 19.3 Å². The van der Waals surface area contributed by atoms with Crippen LogP contribution in [0.25, 0.3) is 0 Å². The van der Waals surface area contributed by atoms with Crippen molar-refractivity contribution in [3.63, 3.8) is 0 Å². The molecule has 0 aliphatic carbocycles. The molecule has 8 heteroatoms. The van der Waals surface area contributed by atoms with E-state index >= 15 is 0 Å². The van der Waals surface area contributed by atoms with E-state index in [1.165, 1.54) is 11.8 Å². The van der Waals surface area contributed by atoms with Gasteiger partial charge in [0.15, 0.2) is 0 Å². The Hall–Kier alpha value is -3.16. The Bertz CT molecular complexity index is 1200. The summed E-state index contributed by atoms with van der Waals surface area (Å²) in [5.41, 5.74) is 1.52. The molecule has 0 spiro atoms. The standard InChI is InChI=1S/C27H27ClN2O4S/c1-29(2)26(32)27(35-23-15-13-22(34-4)14-16-23)17-24(31)30(20-9-7-19(28)8-10-20)25(27)18-5-11-21(33-3)12-6-18/h5-16,25H,17H2,1-4H3/t25-,27-/m1/s1. The molecule has 0 radical (unpaired) electrons. The number of hydrogen-bond donors (Lipinski definition) is 0. The molecule has 182 valence electrons. The lowest BCUT2D eigenvalue weighted by Crippen LogP contribution is -2.47. The molecular weight excluding hydrogens is 484 g/mol. The van der Waals surface area contributed by atoms with Crippen molar-refractivity contribution >= 4 is 40.9 Å². The summed E-state index contributed by atoms with van der Waals surface area (Å²) in [6.45, 7) is 0. The van der Waals surface area contributed by atoms with Crippen molar-refractivity contribution in [2.45, 2.75) is 22.1 Å². The monoisotopic (exact) mass is 510 g/mol. The number of halogens is 1. The van der Waals surface area contributed by atoms with E-state index < -0.39 is 10.8 Å². The van der Waals surface area contributed by atoms with Crippen molar-refractivity contribution in [2.24, 2.45) is 0 Å². The van der Waals surface area contributed by atoms with Crippen LogP contribution in [0.5, 0.6) is 11.5 Å². The van der Waals surface area contributed by atoms with Gasteiger partial charge in [-0.05, 0) is 66.2 Å². The van der Waals surface area contributed by atoms with Crippen LogP contribution in [-0.2, 0) is 9.59 Å². The van der Waals surface area contributed by atoms with E-state index in [9.17, 15) is 9.59 Å². The minimum Gasteiger partial charge on any atom is -0.497 e. The first-order valence-electron chi connectivity index (χ1n) is 11.1.